The Kier molecular flexibility index (Phi) is 5.70. The summed E-state index contributed by atoms with van der Waals surface area (Å²) in [7, 11) is -9.93. The first-order chi connectivity index (χ1) is 13.3. The number of phosphoric ester groups is 1. The molecule has 1 aliphatic rings. The van der Waals surface area contributed by atoms with Crippen molar-refractivity contribution in [2.45, 2.75) is 24.5 Å². The lowest BCUT2D eigenvalue weighted by Crippen LogP contribution is -2.46. The zero-order chi connectivity index (χ0) is 21.7. The molecule has 5 N–H and O–H groups in total. The molecule has 3 rings (SSSR count). The van der Waals surface area contributed by atoms with Crippen LogP contribution in [-0.2, 0) is 29.7 Å². The number of ether oxygens (including phenoxy) is 1. The Morgan fingerprint density at radius 1 is 1.38 bits per heavy atom. The summed E-state index contributed by atoms with van der Waals surface area (Å²) >= 11 is 0. The molecule has 1 saturated heterocycles. The maximum atomic E-state index is 12.0. The molecule has 2 unspecified atom stereocenters. The minimum atomic E-state index is -5.88. The number of hydrogen-bond donors (Lipinski definition) is 4. The number of nitrogen functional groups attached to an aromatic ring is 1. The molecule has 16 nitrogen and oxygen atoms in total. The number of anilines is 1. The molecule has 0 bridgehead atoms. The summed E-state index contributed by atoms with van der Waals surface area (Å²) in [4.78, 5) is 50.4. The fraction of sp³-hybridized carbons (Fsp3) is 0.545. The van der Waals surface area contributed by atoms with Crippen LogP contribution in [0.3, 0.4) is 0 Å². The number of hydrogen-bond acceptors (Lipinski definition) is 13. The number of nitrogens with one attached hydrogen (secondary N) is 1. The predicted octanol–water partition coefficient (Wildman–Crippen LogP) is -4.92. The molecule has 29 heavy (non-hydrogen) atoms. The predicted molar refractivity (Wildman–Crippen MR) is 84.1 cm³/mol. The van der Waals surface area contributed by atoms with E-state index in [1.807, 2.05) is 0 Å². The first-order valence-electron chi connectivity index (χ1n) is 7.75. The average Bonchev–Trinajstić information content (AvgIpc) is 3.01. The summed E-state index contributed by atoms with van der Waals surface area (Å²) in [6.07, 6.45) is -4.80. The Morgan fingerprint density at radius 2 is 2.03 bits per heavy atom. The highest BCUT2D eigenvalue weighted by atomic mass is 31.3. The minimum Gasteiger partial charge on any atom is -0.790 e. The molecule has 2 aromatic rings. The summed E-state index contributed by atoms with van der Waals surface area (Å²) in [5, 5.41) is 20.4. The summed E-state index contributed by atoms with van der Waals surface area (Å²) in [5.41, 5.74) is 5.02. The van der Waals surface area contributed by atoms with Crippen LogP contribution in [0, 0.1) is 0 Å². The van der Waals surface area contributed by atoms with Crippen molar-refractivity contribution in [3.63, 3.8) is 0 Å². The second-order valence-corrected chi connectivity index (χ2v) is 8.78. The number of aliphatic hydroxyl groups excluding tert-OH is 2. The molecule has 0 aliphatic carbocycles. The Labute approximate surface area is 160 Å². The summed E-state index contributed by atoms with van der Waals surface area (Å²) < 4.78 is 37.2. The van der Waals surface area contributed by atoms with Gasteiger partial charge in [0.2, 0.25) is 11.7 Å². The molecule has 3 heterocycles. The first-order valence-corrected chi connectivity index (χ1v) is 10.7. The van der Waals surface area contributed by atoms with Crippen molar-refractivity contribution >= 4 is 32.8 Å². The molecule has 1 aliphatic heterocycles. The smallest absolute Gasteiger partial charge is 0.313 e. The van der Waals surface area contributed by atoms with Crippen LogP contribution in [0.2, 0.25) is 0 Å². The van der Waals surface area contributed by atoms with E-state index in [1.165, 1.54) is 22.5 Å². The molecule has 162 valence electrons. The number of fused-ring (bicyclic) bond motifs is 1. The van der Waals surface area contributed by atoms with Gasteiger partial charge >= 0.3 is 5.65 Å². The number of nitrogens with two attached hydrogens (primary N) is 1. The van der Waals surface area contributed by atoms with Gasteiger partial charge in [0.05, 0.1) is 21.5 Å². The van der Waals surface area contributed by atoms with Crippen LogP contribution >= 0.6 is 15.6 Å². The van der Waals surface area contributed by atoms with E-state index in [0.717, 1.165) is 0 Å². The molecule has 2 aromatic heterocycles. The van der Waals surface area contributed by atoms with Crippen LogP contribution < -0.4 is 30.5 Å². The topological polar surface area (TPSA) is 252 Å². The van der Waals surface area contributed by atoms with Crippen LogP contribution in [0.15, 0.2) is 11.1 Å². The van der Waals surface area contributed by atoms with Gasteiger partial charge < -0.3 is 44.5 Å². The molecule has 0 amide bonds. The second-order valence-electron chi connectivity index (χ2n) is 6.08. The number of phosphoric acid groups is 2. The van der Waals surface area contributed by atoms with Crippen molar-refractivity contribution in [1.82, 2.24) is 14.5 Å². The van der Waals surface area contributed by atoms with E-state index in [9.17, 15) is 38.8 Å². The van der Waals surface area contributed by atoms with Gasteiger partial charge in [0, 0.05) is 0 Å². The van der Waals surface area contributed by atoms with Gasteiger partial charge in [-0.1, -0.05) is 4.98 Å². The molecule has 0 spiro atoms. The van der Waals surface area contributed by atoms with Crippen molar-refractivity contribution in [2.75, 3.05) is 12.3 Å². The third-order valence-electron chi connectivity index (χ3n) is 4.00. The number of aryl methyl sites for hydroxylation is 1. The number of nitrogens with zero attached hydrogens (tertiary/aromatic N) is 3. The van der Waals surface area contributed by atoms with Gasteiger partial charge in [0.25, 0.3) is 19.3 Å². The molecule has 1 fully saturated rings. The highest BCUT2D eigenvalue weighted by Gasteiger charge is 2.47. The Morgan fingerprint density at radius 3 is 2.66 bits per heavy atom. The van der Waals surface area contributed by atoms with E-state index in [1.54, 1.807) is 0 Å². The summed E-state index contributed by atoms with van der Waals surface area (Å²) in [6, 6.07) is 0. The quantitative estimate of drug-likeness (QED) is 0.236. The molecule has 5 atom stereocenters. The fourth-order valence-corrected chi connectivity index (χ4v) is 4.36. The minimum absolute atomic E-state index is 0.00282. The van der Waals surface area contributed by atoms with Crippen LogP contribution in [0.25, 0.3) is 11.2 Å². The van der Waals surface area contributed by atoms with Crippen molar-refractivity contribution in [2.24, 2.45) is 7.05 Å². The van der Waals surface area contributed by atoms with E-state index in [0.29, 0.717) is 0 Å². The summed E-state index contributed by atoms with van der Waals surface area (Å²) in [5.74, 6) is -0.223. The van der Waals surface area contributed by atoms with Crippen LogP contribution in [0.4, 0.5) is 5.95 Å². The normalized spacial score (nSPS) is 27.4. The van der Waals surface area contributed by atoms with Crippen molar-refractivity contribution in [3.05, 3.63) is 16.7 Å². The molecule has 0 aromatic carbocycles. The Hall–Kier alpha value is -1.71. The fourth-order valence-electron chi connectivity index (χ4n) is 2.86. The van der Waals surface area contributed by atoms with E-state index in [2.05, 4.69) is 18.8 Å². The van der Waals surface area contributed by atoms with Gasteiger partial charge in [-0.15, -0.1) is 0 Å². The Bertz CT molecular complexity index is 1080. The third-order valence-corrected chi connectivity index (χ3v) is 6.06. The average molecular weight is 455 g/mol. The van der Waals surface area contributed by atoms with Crippen molar-refractivity contribution in [3.8, 4) is 0 Å². The second kappa shape index (κ2) is 7.52. The van der Waals surface area contributed by atoms with Crippen molar-refractivity contribution < 1.29 is 52.2 Å². The van der Waals surface area contributed by atoms with Crippen LogP contribution in [0.5, 0.6) is 0 Å². The molecule has 0 saturated carbocycles. The zero-order valence-corrected chi connectivity index (χ0v) is 16.3. The highest BCUT2D eigenvalue weighted by molar-refractivity contribution is 7.58. The number of aromatic nitrogens is 4. The molecule has 0 radical (unpaired) electrons. The highest BCUT2D eigenvalue weighted by Crippen LogP contribution is 2.50. The number of rotatable bonds is 6. The summed E-state index contributed by atoms with van der Waals surface area (Å²) in [6.45, 7) is -0.975. The maximum absolute atomic E-state index is 12.0. The number of H-pyrrole nitrogens is 1. The lowest BCUT2D eigenvalue weighted by atomic mass is 10.1. The van der Waals surface area contributed by atoms with E-state index < -0.39 is 52.4 Å². The lowest BCUT2D eigenvalue weighted by Gasteiger charge is -2.35. The van der Waals surface area contributed by atoms with Crippen LogP contribution in [-0.4, -0.2) is 49.7 Å². The number of aliphatic hydroxyl groups is 2. The standard InChI is InChI=1S/C11H17N5O11P2/c1-15-3-16(8-5(15)9(19)14-11(12)13-8)10-7(18)6(17)4(26-10)2-25-29(23,24)27-28(20,21)22/h3-4,6-7,10,17-18H,2H2,1H3,(H5-,12,13,14,19,20,21,22,23,24)/p-2/t4-,6+,7?,10-/m1/s1. The number of aromatic amines is 1. The third kappa shape index (κ3) is 4.57. The van der Waals surface area contributed by atoms with Gasteiger partial charge in [0.15, 0.2) is 6.33 Å². The van der Waals surface area contributed by atoms with E-state index in [-0.39, 0.29) is 17.1 Å². The van der Waals surface area contributed by atoms with Gasteiger partial charge in [-0.3, -0.25) is 23.2 Å². The SMILES string of the molecule is Cn1c[n+]([C@@H]2O[C@H](COP(=O)([O-])OP(=O)([O-])[O-])[C@H](O)C2O)c2nc(N)[nH]c(=O)c21. The van der Waals surface area contributed by atoms with Gasteiger partial charge in [-0.25, -0.2) is 4.57 Å². The van der Waals surface area contributed by atoms with Crippen LogP contribution in [0.1, 0.15) is 6.23 Å². The maximum Gasteiger partial charge on any atom is 0.313 e. The Balaban J connectivity index is 1.84. The van der Waals surface area contributed by atoms with Crippen molar-refractivity contribution in [1.29, 1.82) is 0 Å². The number of imidazole rings is 1. The molecular weight excluding hydrogens is 440 g/mol. The first kappa shape index (κ1) is 22.0. The van der Waals surface area contributed by atoms with Gasteiger partial charge in [-0.05, 0) is 0 Å². The molecular formula is C11H15N5O11P2-2. The largest absolute Gasteiger partial charge is 0.790 e. The lowest BCUT2D eigenvalue weighted by molar-refractivity contribution is -0.745. The molecule has 18 heteroatoms. The van der Waals surface area contributed by atoms with Gasteiger partial charge in [-0.2, -0.15) is 0 Å². The van der Waals surface area contributed by atoms with Gasteiger partial charge in [0.1, 0.15) is 18.3 Å². The van der Waals surface area contributed by atoms with E-state index in [4.69, 9.17) is 10.5 Å². The monoisotopic (exact) mass is 455 g/mol. The zero-order valence-electron chi connectivity index (χ0n) is 14.5. The van der Waals surface area contributed by atoms with E-state index >= 15 is 0 Å².